The van der Waals surface area contributed by atoms with E-state index in [2.05, 4.69) is 62.3 Å². The molecule has 0 radical (unpaired) electrons. The number of rotatable bonds is 1. The third kappa shape index (κ3) is 23.6. The van der Waals surface area contributed by atoms with Crippen LogP contribution in [0.2, 0.25) is 0 Å². The van der Waals surface area contributed by atoms with E-state index >= 15 is 0 Å². The zero-order valence-electron chi connectivity index (χ0n) is 74.1. The van der Waals surface area contributed by atoms with E-state index in [9.17, 15) is 51.1 Å². The fourth-order valence-electron chi connectivity index (χ4n) is 29.3. The molecule has 17 atom stereocenters. The average molecular weight is 1530 g/mol. The standard InChI is InChI=1S/C13H20O.C12H22O.2C11H18O.C11H20O.C10H20O.C9H18O.C8H16O.2C7H14O/c1-13(14)6-9-5-10(13)12-8-3-2-7(4-8)11(9)12;1-12(13)8-10-4-2-5-11(9-12)7-3-6-10;1-11(12)9-3-7-2-8(5-9)6-10(11)4-7;1-11(12)6-7-5-10(11)9-4-2-3-8(7)9;1-11(12)8-4-6-9-5-2-3-7-10(9)11;1-8(2)6-7-9(3,4)10(8,5)11;1-9(2,10)8-6-4-3-5-7-8;1-8(9)6-4-2-3-5-7-8;1-6-3-4-7(2,8)5-6;1-7(8)5-3-2-4-6-7/h7-12,14H,2-6H2,1H3;10-11,13H,2-9H2,1H3;2*7-10,12H,2-6H2,1H3;9-10,12H,2-8H2,1H3;11H,6-7H2,1-5H3;8,10H,3-7H2,1-2H3;9H,2-7H2,1H3;6,8H,3-5H2,1-2H3;8H,2-6H2,1H3. The predicted octanol–water partition coefficient (Wildman–Crippen LogP) is 22.9. The van der Waals surface area contributed by atoms with E-state index in [0.29, 0.717) is 35.5 Å². The summed E-state index contributed by atoms with van der Waals surface area (Å²) in [5.41, 5.74) is -3.35. The first-order valence-corrected chi connectivity index (χ1v) is 47.9. The molecule has 0 spiro atoms. The largest absolute Gasteiger partial charge is 0.390 e. The molecule has 0 aromatic heterocycles. The Kier molecular flexibility index (Phi) is 30.6. The summed E-state index contributed by atoms with van der Waals surface area (Å²) in [6.45, 7) is 32.8. The molecule has 17 unspecified atom stereocenters. The Bertz CT molecular complexity index is 2640. The van der Waals surface area contributed by atoms with Crippen molar-refractivity contribution < 1.29 is 51.1 Å². The van der Waals surface area contributed by atoms with Gasteiger partial charge in [-0.05, 0) is 398 Å². The molecule has 0 aromatic carbocycles. The maximum absolute atomic E-state index is 10.4. The maximum atomic E-state index is 10.4. The van der Waals surface area contributed by atoms with Gasteiger partial charge >= 0.3 is 0 Å². The molecular weight excluding hydrogens is 1350 g/mol. The van der Waals surface area contributed by atoms with Crippen molar-refractivity contribution in [3.8, 4) is 0 Å². The minimum atomic E-state index is -0.514. The molecule has 21 fully saturated rings. The predicted molar refractivity (Wildman–Crippen MR) is 450 cm³/mol. The summed E-state index contributed by atoms with van der Waals surface area (Å²) in [5.74, 6) is 16.7. The lowest BCUT2D eigenvalue weighted by Crippen LogP contribution is -2.55. The van der Waals surface area contributed by atoms with Crippen LogP contribution < -0.4 is 0 Å². The minimum absolute atomic E-state index is 0.0799. The van der Waals surface area contributed by atoms with Gasteiger partial charge in [0.2, 0.25) is 0 Å². The molecule has 21 rings (SSSR count). The molecule has 21 saturated carbocycles. The van der Waals surface area contributed by atoms with Crippen LogP contribution in [0, 0.1) is 129 Å². The van der Waals surface area contributed by atoms with Crippen LogP contribution in [0.5, 0.6) is 0 Å². The van der Waals surface area contributed by atoms with Crippen molar-refractivity contribution in [2.45, 2.75) is 494 Å². The van der Waals surface area contributed by atoms with Crippen LogP contribution in [0.4, 0.5) is 0 Å². The van der Waals surface area contributed by atoms with Gasteiger partial charge in [0.25, 0.3) is 0 Å². The Morgan fingerprint density at radius 1 is 0.275 bits per heavy atom. The highest BCUT2D eigenvalue weighted by Gasteiger charge is 2.66. The molecule has 10 N–H and O–H groups in total. The average Bonchev–Trinajstić information content (AvgIpc) is 1.56. The lowest BCUT2D eigenvalue weighted by atomic mass is 9.50. The van der Waals surface area contributed by atoms with Gasteiger partial charge in [0.05, 0.1) is 56.0 Å². The molecule has 109 heavy (non-hydrogen) atoms. The monoisotopic (exact) mass is 1530 g/mol. The zero-order chi connectivity index (χ0) is 79.6. The summed E-state index contributed by atoms with van der Waals surface area (Å²) >= 11 is 0. The van der Waals surface area contributed by atoms with Crippen molar-refractivity contribution in [2.24, 2.45) is 129 Å². The van der Waals surface area contributed by atoms with Gasteiger partial charge in [0.1, 0.15) is 0 Å². The van der Waals surface area contributed by atoms with Gasteiger partial charge in [-0.3, -0.25) is 0 Å². The van der Waals surface area contributed by atoms with Gasteiger partial charge in [-0.15, -0.1) is 0 Å². The Balaban J connectivity index is 0.000000130. The van der Waals surface area contributed by atoms with Gasteiger partial charge in [-0.1, -0.05) is 169 Å². The van der Waals surface area contributed by atoms with E-state index in [-0.39, 0.29) is 55.6 Å². The Labute approximate surface area is 670 Å². The summed E-state index contributed by atoms with van der Waals surface area (Å²) in [6.07, 6.45) is 64.6. The van der Waals surface area contributed by atoms with Gasteiger partial charge in [0.15, 0.2) is 0 Å². The number of aliphatic hydroxyl groups is 10. The van der Waals surface area contributed by atoms with E-state index in [4.69, 9.17) is 0 Å². The number of hydrogen-bond acceptors (Lipinski definition) is 10. The summed E-state index contributed by atoms with van der Waals surface area (Å²) in [5, 5.41) is 99.3. The first-order valence-electron chi connectivity index (χ1n) is 47.9. The molecule has 21 aliphatic rings. The Morgan fingerprint density at radius 2 is 0.716 bits per heavy atom. The maximum Gasteiger partial charge on any atom is 0.0721 e. The van der Waals surface area contributed by atoms with E-state index in [0.717, 1.165) is 166 Å². The first-order chi connectivity index (χ1) is 50.7. The molecule has 12 bridgehead atoms. The van der Waals surface area contributed by atoms with E-state index in [1.165, 1.54) is 244 Å². The Morgan fingerprint density at radius 3 is 1.17 bits per heavy atom. The van der Waals surface area contributed by atoms with Crippen LogP contribution in [0.3, 0.4) is 0 Å². The fourth-order valence-corrected chi connectivity index (χ4v) is 29.3. The number of hydrogen-bond donors (Lipinski definition) is 10. The first kappa shape index (κ1) is 90.9. The normalized spacial score (nSPS) is 46.7. The third-order valence-electron chi connectivity index (χ3n) is 36.2. The topological polar surface area (TPSA) is 202 Å². The molecule has 0 amide bonds. The van der Waals surface area contributed by atoms with Gasteiger partial charge in [-0.2, -0.15) is 0 Å². The van der Waals surface area contributed by atoms with Crippen molar-refractivity contribution in [3.63, 3.8) is 0 Å². The second-order valence-corrected chi connectivity index (χ2v) is 47.1. The van der Waals surface area contributed by atoms with Crippen molar-refractivity contribution >= 4 is 0 Å². The minimum Gasteiger partial charge on any atom is -0.390 e. The molecule has 0 heterocycles. The van der Waals surface area contributed by atoms with E-state index < -0.39 is 11.2 Å². The molecule has 0 aliphatic heterocycles. The second kappa shape index (κ2) is 36.7. The summed E-state index contributed by atoms with van der Waals surface area (Å²) in [7, 11) is 0. The summed E-state index contributed by atoms with van der Waals surface area (Å²) in [4.78, 5) is 0. The molecular formula is C99H180O10. The van der Waals surface area contributed by atoms with Crippen LogP contribution >= 0.6 is 0 Å². The summed E-state index contributed by atoms with van der Waals surface area (Å²) in [6, 6.07) is 0. The smallest absolute Gasteiger partial charge is 0.0721 e. The van der Waals surface area contributed by atoms with Gasteiger partial charge in [0, 0.05) is 0 Å². The fraction of sp³-hybridized carbons (Fsp3) is 1.00. The van der Waals surface area contributed by atoms with Crippen LogP contribution in [0.15, 0.2) is 0 Å². The number of fused-ring (bicyclic) bond motifs is 21. The van der Waals surface area contributed by atoms with Crippen molar-refractivity contribution in [1.82, 2.24) is 0 Å². The Hall–Kier alpha value is -0.400. The highest BCUT2D eigenvalue weighted by atomic mass is 16.3. The van der Waals surface area contributed by atoms with E-state index in [1.807, 2.05) is 48.5 Å². The lowest BCUT2D eigenvalue weighted by molar-refractivity contribution is -0.161. The molecule has 10 nitrogen and oxygen atoms in total. The molecule has 0 saturated heterocycles. The second-order valence-electron chi connectivity index (χ2n) is 47.1. The quantitative estimate of drug-likeness (QED) is 0.0889. The van der Waals surface area contributed by atoms with Gasteiger partial charge < -0.3 is 51.1 Å². The SMILES string of the molecule is CC(C)(O)C1CCCCC1.CC1(C)CCC(C)(C)C1(C)O.CC1(O)C2CC3CC(C2)CC1C3.CC1(O)CC2CC1C1C3CCC(C3)C21.CC1(O)CC2CC1C1CCCC21.CC1(O)CC2CCCC(CCC2)C1.CC1(O)CCCC2CCCCC21.CC1(O)CCCCC1.CC1(O)CCCCCC1.CC1CCC(C)(O)C1. The van der Waals surface area contributed by atoms with E-state index in [1.54, 1.807) is 0 Å². The van der Waals surface area contributed by atoms with Crippen molar-refractivity contribution in [1.29, 1.82) is 0 Å². The van der Waals surface area contributed by atoms with Crippen molar-refractivity contribution in [3.05, 3.63) is 0 Å². The molecule has 21 aliphatic carbocycles. The third-order valence-corrected chi connectivity index (χ3v) is 36.2. The highest BCUT2D eigenvalue weighted by molar-refractivity contribution is 5.15. The van der Waals surface area contributed by atoms with Crippen LogP contribution in [-0.4, -0.2) is 107 Å². The van der Waals surface area contributed by atoms with Crippen LogP contribution in [0.1, 0.15) is 438 Å². The molecule has 10 heteroatoms. The molecule has 636 valence electrons. The van der Waals surface area contributed by atoms with Crippen LogP contribution in [-0.2, 0) is 0 Å². The van der Waals surface area contributed by atoms with Crippen LogP contribution in [0.25, 0.3) is 0 Å². The van der Waals surface area contributed by atoms with Crippen molar-refractivity contribution in [2.75, 3.05) is 0 Å². The highest BCUT2D eigenvalue weighted by Crippen LogP contribution is 2.70. The zero-order valence-corrected chi connectivity index (χ0v) is 74.1. The summed E-state index contributed by atoms with van der Waals surface area (Å²) < 4.78 is 0. The molecule has 0 aromatic rings. The lowest BCUT2D eigenvalue weighted by Gasteiger charge is -2.57. The van der Waals surface area contributed by atoms with Gasteiger partial charge in [-0.25, -0.2) is 0 Å².